The Morgan fingerprint density at radius 2 is 2.25 bits per heavy atom. The number of halogens is 1. The third kappa shape index (κ3) is 2.39. The van der Waals surface area contributed by atoms with E-state index >= 15 is 0 Å². The van der Waals surface area contributed by atoms with Crippen molar-refractivity contribution in [2.75, 3.05) is 0 Å². The number of rotatable bonds is 2. The van der Waals surface area contributed by atoms with Gasteiger partial charge in [0.15, 0.2) is 11.1 Å². The average Bonchev–Trinajstić information content (AvgIpc) is 1.96. The molecular weight excluding hydrogens is 179 g/mol. The molecule has 0 heterocycles. The van der Waals surface area contributed by atoms with Crippen LogP contribution in [0.4, 0.5) is 4.39 Å². The van der Waals surface area contributed by atoms with Crippen molar-refractivity contribution < 1.29 is 13.2 Å². The summed E-state index contributed by atoms with van der Waals surface area (Å²) >= 11 is -1.98. The molecule has 66 valence electrons. The summed E-state index contributed by atoms with van der Waals surface area (Å²) in [5.74, 6) is -0.573. The predicted octanol–water partition coefficient (Wildman–Crippen LogP) is 1.86. The van der Waals surface area contributed by atoms with Crippen LogP contribution < -0.4 is 0 Å². The van der Waals surface area contributed by atoms with E-state index in [9.17, 15) is 8.60 Å². The number of hydrogen-bond acceptors (Lipinski definition) is 1. The maximum Gasteiger partial charge on any atom is 0.157 e. The van der Waals surface area contributed by atoms with E-state index in [1.165, 1.54) is 6.07 Å². The highest BCUT2D eigenvalue weighted by Gasteiger charge is 2.04. The number of aryl methyl sites for hydroxylation is 1. The molecule has 0 spiro atoms. The molecule has 0 aromatic heterocycles. The summed E-state index contributed by atoms with van der Waals surface area (Å²) in [7, 11) is 0. The largest absolute Gasteiger partial charge is 0.306 e. The molecule has 2 nitrogen and oxygen atoms in total. The molecule has 0 fully saturated rings. The Morgan fingerprint density at radius 3 is 2.83 bits per heavy atom. The molecule has 0 saturated carbocycles. The van der Waals surface area contributed by atoms with Gasteiger partial charge in [-0.05, 0) is 13.0 Å². The molecule has 1 N–H and O–H groups in total. The van der Waals surface area contributed by atoms with Crippen molar-refractivity contribution in [1.82, 2.24) is 0 Å². The summed E-state index contributed by atoms with van der Waals surface area (Å²) < 4.78 is 31.8. The van der Waals surface area contributed by atoms with Crippen molar-refractivity contribution in [2.24, 2.45) is 0 Å². The predicted molar refractivity (Wildman–Crippen MR) is 45.6 cm³/mol. The SMILES string of the molecule is Cc1ccc(F)c(CS(=O)O)c1. The molecule has 1 atom stereocenters. The molecule has 1 aromatic rings. The summed E-state index contributed by atoms with van der Waals surface area (Å²) in [5.41, 5.74) is 1.17. The lowest BCUT2D eigenvalue weighted by Gasteiger charge is -2.00. The van der Waals surface area contributed by atoms with E-state index < -0.39 is 16.9 Å². The standard InChI is InChI=1S/C8H9FO2S/c1-6-2-3-8(9)7(4-6)5-12(10)11/h2-4H,5H2,1H3,(H,10,11). The smallest absolute Gasteiger partial charge is 0.157 e. The summed E-state index contributed by atoms with van der Waals surface area (Å²) in [6, 6.07) is 4.50. The average molecular weight is 188 g/mol. The van der Waals surface area contributed by atoms with E-state index in [2.05, 4.69) is 0 Å². The third-order valence-electron chi connectivity index (χ3n) is 1.48. The van der Waals surface area contributed by atoms with Crippen molar-refractivity contribution in [3.8, 4) is 0 Å². The molecular formula is C8H9FO2S. The summed E-state index contributed by atoms with van der Waals surface area (Å²) in [6.45, 7) is 1.81. The van der Waals surface area contributed by atoms with Gasteiger partial charge in [-0.15, -0.1) is 0 Å². The molecule has 12 heavy (non-hydrogen) atoms. The minimum absolute atomic E-state index is 0.145. The number of benzene rings is 1. The van der Waals surface area contributed by atoms with Gasteiger partial charge in [-0.1, -0.05) is 17.7 Å². The molecule has 0 radical (unpaired) electrons. The first kappa shape index (κ1) is 9.35. The van der Waals surface area contributed by atoms with Crippen LogP contribution in [0.1, 0.15) is 11.1 Å². The van der Waals surface area contributed by atoms with E-state index in [1.807, 2.05) is 6.92 Å². The van der Waals surface area contributed by atoms with Crippen LogP contribution in [-0.2, 0) is 16.8 Å². The van der Waals surface area contributed by atoms with Crippen molar-refractivity contribution in [3.05, 3.63) is 35.1 Å². The second-order valence-electron chi connectivity index (χ2n) is 2.56. The van der Waals surface area contributed by atoms with E-state index in [4.69, 9.17) is 4.55 Å². The van der Waals surface area contributed by atoms with Crippen molar-refractivity contribution in [2.45, 2.75) is 12.7 Å². The normalized spacial score (nSPS) is 12.9. The molecule has 0 aliphatic carbocycles. The zero-order chi connectivity index (χ0) is 9.14. The molecule has 1 rings (SSSR count). The Kier molecular flexibility index (Phi) is 2.94. The zero-order valence-electron chi connectivity index (χ0n) is 6.58. The Morgan fingerprint density at radius 1 is 1.58 bits per heavy atom. The zero-order valence-corrected chi connectivity index (χ0v) is 7.40. The molecule has 0 aliphatic rings. The maximum atomic E-state index is 12.9. The minimum Gasteiger partial charge on any atom is -0.306 e. The Balaban J connectivity index is 2.97. The van der Waals surface area contributed by atoms with Gasteiger partial charge < -0.3 is 4.55 Å². The highest BCUT2D eigenvalue weighted by Crippen LogP contribution is 2.11. The Hall–Kier alpha value is -0.740. The van der Waals surface area contributed by atoms with Crippen LogP contribution in [0.2, 0.25) is 0 Å². The Bertz CT molecular complexity index is 312. The lowest BCUT2D eigenvalue weighted by atomic mass is 10.1. The van der Waals surface area contributed by atoms with Crippen LogP contribution in [0.3, 0.4) is 0 Å². The minimum atomic E-state index is -1.98. The fourth-order valence-corrected chi connectivity index (χ4v) is 1.43. The second kappa shape index (κ2) is 3.78. The van der Waals surface area contributed by atoms with Crippen molar-refractivity contribution in [1.29, 1.82) is 0 Å². The van der Waals surface area contributed by atoms with Crippen LogP contribution in [0.25, 0.3) is 0 Å². The van der Waals surface area contributed by atoms with Gasteiger partial charge in [-0.2, -0.15) is 0 Å². The van der Waals surface area contributed by atoms with Gasteiger partial charge in [0.05, 0.1) is 5.75 Å². The summed E-state index contributed by atoms with van der Waals surface area (Å²) in [6.07, 6.45) is 0. The molecule has 0 aliphatic heterocycles. The van der Waals surface area contributed by atoms with Gasteiger partial charge in [-0.3, -0.25) is 0 Å². The van der Waals surface area contributed by atoms with E-state index in [1.54, 1.807) is 12.1 Å². The quantitative estimate of drug-likeness (QED) is 0.719. The lowest BCUT2D eigenvalue weighted by Crippen LogP contribution is -1.96. The van der Waals surface area contributed by atoms with E-state index in [0.717, 1.165) is 5.56 Å². The first-order valence-electron chi connectivity index (χ1n) is 3.42. The third-order valence-corrected chi connectivity index (χ3v) is 2.04. The van der Waals surface area contributed by atoms with Crippen LogP contribution in [0.5, 0.6) is 0 Å². The van der Waals surface area contributed by atoms with Gasteiger partial charge >= 0.3 is 0 Å². The molecule has 0 bridgehead atoms. The lowest BCUT2D eigenvalue weighted by molar-refractivity contribution is 0.559. The first-order valence-corrected chi connectivity index (χ1v) is 4.69. The first-order chi connectivity index (χ1) is 5.59. The van der Waals surface area contributed by atoms with Crippen LogP contribution in [-0.4, -0.2) is 8.76 Å². The molecule has 4 heteroatoms. The molecule has 0 amide bonds. The van der Waals surface area contributed by atoms with Crippen molar-refractivity contribution >= 4 is 11.1 Å². The van der Waals surface area contributed by atoms with E-state index in [0.29, 0.717) is 0 Å². The van der Waals surface area contributed by atoms with Crippen LogP contribution in [0, 0.1) is 12.7 Å². The Labute approximate surface area is 72.7 Å². The fourth-order valence-electron chi connectivity index (χ4n) is 0.947. The molecule has 1 aromatic carbocycles. The van der Waals surface area contributed by atoms with Crippen LogP contribution >= 0.6 is 0 Å². The van der Waals surface area contributed by atoms with Gasteiger partial charge in [0.25, 0.3) is 0 Å². The number of hydrogen-bond donors (Lipinski definition) is 1. The van der Waals surface area contributed by atoms with Gasteiger partial charge in [0, 0.05) is 5.56 Å². The van der Waals surface area contributed by atoms with Crippen molar-refractivity contribution in [3.63, 3.8) is 0 Å². The van der Waals surface area contributed by atoms with Gasteiger partial charge in [0.1, 0.15) is 5.82 Å². The fraction of sp³-hybridized carbons (Fsp3) is 0.250. The summed E-state index contributed by atoms with van der Waals surface area (Å²) in [5, 5.41) is 0. The van der Waals surface area contributed by atoms with Crippen LogP contribution in [0.15, 0.2) is 18.2 Å². The van der Waals surface area contributed by atoms with E-state index in [-0.39, 0.29) is 11.3 Å². The summed E-state index contributed by atoms with van der Waals surface area (Å²) in [4.78, 5) is 0. The molecule has 1 unspecified atom stereocenters. The maximum absolute atomic E-state index is 12.9. The van der Waals surface area contributed by atoms with Gasteiger partial charge in [-0.25, -0.2) is 8.60 Å². The highest BCUT2D eigenvalue weighted by molar-refractivity contribution is 7.78. The van der Waals surface area contributed by atoms with Gasteiger partial charge in [0.2, 0.25) is 0 Å². The highest BCUT2D eigenvalue weighted by atomic mass is 32.2. The molecule has 0 saturated heterocycles. The monoisotopic (exact) mass is 188 g/mol. The topological polar surface area (TPSA) is 37.3 Å². The second-order valence-corrected chi connectivity index (χ2v) is 3.49.